The maximum atomic E-state index is 13.0. The van der Waals surface area contributed by atoms with E-state index in [0.717, 1.165) is 22.3 Å². The second kappa shape index (κ2) is 9.42. The Morgan fingerprint density at radius 3 is 2.43 bits per heavy atom. The van der Waals surface area contributed by atoms with Crippen molar-refractivity contribution in [1.29, 1.82) is 0 Å². The van der Waals surface area contributed by atoms with Crippen LogP contribution in [0.4, 0.5) is 5.82 Å². The number of rotatable bonds is 5. The first-order valence-electron chi connectivity index (χ1n) is 11.5. The molecular weight excluding hydrogens is 440 g/mol. The molecule has 8 heteroatoms. The van der Waals surface area contributed by atoms with Gasteiger partial charge in [0, 0.05) is 55.3 Å². The number of pyridine rings is 1. The number of likely N-dealkylation sites (tertiary alicyclic amines) is 1. The summed E-state index contributed by atoms with van der Waals surface area (Å²) in [6, 6.07) is 19.2. The number of nitrogens with zero attached hydrogens (tertiary/aromatic N) is 4. The summed E-state index contributed by atoms with van der Waals surface area (Å²) in [5.41, 5.74) is 10.7. The molecule has 5 rings (SSSR count). The van der Waals surface area contributed by atoms with Crippen molar-refractivity contribution in [3.05, 3.63) is 90.4 Å². The van der Waals surface area contributed by atoms with Gasteiger partial charge in [0.1, 0.15) is 5.82 Å². The molecule has 0 bridgehead atoms. The van der Waals surface area contributed by atoms with Crippen molar-refractivity contribution in [3.63, 3.8) is 0 Å². The smallest absolute Gasteiger partial charge is 0.255 e. The first kappa shape index (κ1) is 22.3. The van der Waals surface area contributed by atoms with Gasteiger partial charge in [0.05, 0.1) is 11.8 Å². The zero-order valence-electron chi connectivity index (χ0n) is 19.4. The lowest BCUT2D eigenvalue weighted by Crippen LogP contribution is -2.38. The lowest BCUT2D eigenvalue weighted by molar-refractivity contribution is 0.0783. The molecule has 1 fully saturated rings. The molecule has 1 saturated heterocycles. The van der Waals surface area contributed by atoms with Crippen molar-refractivity contribution < 1.29 is 9.59 Å². The van der Waals surface area contributed by atoms with E-state index in [1.807, 2.05) is 67.8 Å². The van der Waals surface area contributed by atoms with E-state index in [1.165, 1.54) is 0 Å². The number of aromatic nitrogens is 3. The van der Waals surface area contributed by atoms with Gasteiger partial charge in [0.15, 0.2) is 0 Å². The molecule has 2 aromatic carbocycles. The van der Waals surface area contributed by atoms with Crippen molar-refractivity contribution in [3.8, 4) is 22.3 Å². The molecule has 0 aliphatic carbocycles. The van der Waals surface area contributed by atoms with E-state index in [4.69, 9.17) is 5.73 Å². The summed E-state index contributed by atoms with van der Waals surface area (Å²) >= 11 is 0. The van der Waals surface area contributed by atoms with Gasteiger partial charge in [-0.2, -0.15) is 5.10 Å². The molecule has 1 unspecified atom stereocenters. The van der Waals surface area contributed by atoms with Crippen LogP contribution in [0.25, 0.3) is 22.3 Å². The number of nitrogen functional groups attached to an aromatic ring is 1. The first-order valence-corrected chi connectivity index (χ1v) is 11.5. The number of nitrogens with two attached hydrogens (primary N) is 1. The third-order valence-electron chi connectivity index (χ3n) is 6.25. The van der Waals surface area contributed by atoms with Gasteiger partial charge >= 0.3 is 0 Å². The molecule has 1 aliphatic rings. The number of aryl methyl sites for hydroxylation is 1. The van der Waals surface area contributed by atoms with Crippen LogP contribution in [0.5, 0.6) is 0 Å². The third kappa shape index (κ3) is 4.77. The minimum atomic E-state index is -0.299. The van der Waals surface area contributed by atoms with Crippen molar-refractivity contribution in [2.24, 2.45) is 7.05 Å². The quantitative estimate of drug-likeness (QED) is 0.469. The molecule has 2 amide bonds. The molecule has 1 atom stereocenters. The molecule has 35 heavy (non-hydrogen) atoms. The molecule has 4 aromatic rings. The summed E-state index contributed by atoms with van der Waals surface area (Å²) in [4.78, 5) is 32.0. The van der Waals surface area contributed by atoms with E-state index >= 15 is 0 Å². The Hall–Kier alpha value is -4.46. The average Bonchev–Trinajstić information content (AvgIpc) is 3.53. The van der Waals surface area contributed by atoms with Crippen LogP contribution in [-0.2, 0) is 7.05 Å². The standard InChI is InChI=1S/C27H26N6O2/c1-32-16-22(15-30-32)21-13-24(25(28)29-14-21)26(34)31-23-11-12-33(17-23)27(35)20-9-7-19(8-10-20)18-5-3-2-4-6-18/h2-10,13-16,23H,11-12,17H2,1H3,(H2,28,29)(H,31,34). The molecule has 0 radical (unpaired) electrons. The normalized spacial score (nSPS) is 15.2. The predicted octanol–water partition coefficient (Wildman–Crippen LogP) is 3.38. The summed E-state index contributed by atoms with van der Waals surface area (Å²) < 4.78 is 1.69. The van der Waals surface area contributed by atoms with E-state index in [-0.39, 0.29) is 23.7 Å². The number of hydrogen-bond acceptors (Lipinski definition) is 5. The number of amides is 2. The topological polar surface area (TPSA) is 106 Å². The Balaban J connectivity index is 1.23. The molecule has 1 aliphatic heterocycles. The van der Waals surface area contributed by atoms with Crippen LogP contribution >= 0.6 is 0 Å². The highest BCUT2D eigenvalue weighted by Crippen LogP contribution is 2.23. The molecule has 8 nitrogen and oxygen atoms in total. The molecule has 3 heterocycles. The van der Waals surface area contributed by atoms with Crippen LogP contribution in [0.15, 0.2) is 79.3 Å². The van der Waals surface area contributed by atoms with Crippen LogP contribution in [0.2, 0.25) is 0 Å². The highest BCUT2D eigenvalue weighted by Gasteiger charge is 2.29. The van der Waals surface area contributed by atoms with E-state index in [1.54, 1.807) is 28.0 Å². The Bertz CT molecular complexity index is 1360. The fourth-order valence-electron chi connectivity index (χ4n) is 4.33. The van der Waals surface area contributed by atoms with Crippen molar-refractivity contribution >= 4 is 17.6 Å². The van der Waals surface area contributed by atoms with Gasteiger partial charge < -0.3 is 16.0 Å². The van der Waals surface area contributed by atoms with Gasteiger partial charge in [-0.1, -0.05) is 42.5 Å². The Morgan fingerprint density at radius 1 is 0.971 bits per heavy atom. The minimum Gasteiger partial charge on any atom is -0.383 e. The van der Waals surface area contributed by atoms with E-state index in [9.17, 15) is 9.59 Å². The average molecular weight is 467 g/mol. The van der Waals surface area contributed by atoms with E-state index in [0.29, 0.717) is 30.6 Å². The summed E-state index contributed by atoms with van der Waals surface area (Å²) in [5, 5.41) is 7.18. The third-order valence-corrected chi connectivity index (χ3v) is 6.25. The SMILES string of the molecule is Cn1cc(-c2cnc(N)c(C(=O)NC3CCN(C(=O)c4ccc(-c5ccccc5)cc4)C3)c2)cn1. The number of benzene rings is 2. The molecule has 0 saturated carbocycles. The second-order valence-corrected chi connectivity index (χ2v) is 8.71. The Labute approximate surface area is 203 Å². The molecule has 176 valence electrons. The minimum absolute atomic E-state index is 0.0406. The molecule has 2 aromatic heterocycles. The Morgan fingerprint density at radius 2 is 1.71 bits per heavy atom. The van der Waals surface area contributed by atoms with E-state index < -0.39 is 0 Å². The zero-order valence-corrected chi connectivity index (χ0v) is 19.4. The maximum absolute atomic E-state index is 13.0. The van der Waals surface area contributed by atoms with Gasteiger partial charge in [-0.25, -0.2) is 4.98 Å². The summed E-state index contributed by atoms with van der Waals surface area (Å²) in [7, 11) is 1.83. The highest BCUT2D eigenvalue weighted by atomic mass is 16.2. The van der Waals surface area contributed by atoms with Crippen molar-refractivity contribution in [2.45, 2.75) is 12.5 Å². The fraction of sp³-hybridized carbons (Fsp3) is 0.185. The summed E-state index contributed by atoms with van der Waals surface area (Å²) in [6.45, 7) is 1.02. The molecule has 3 N–H and O–H groups in total. The number of anilines is 1. The first-order chi connectivity index (χ1) is 17.0. The van der Waals surface area contributed by atoms with Gasteiger partial charge in [0.2, 0.25) is 0 Å². The van der Waals surface area contributed by atoms with Crippen molar-refractivity contribution in [2.75, 3.05) is 18.8 Å². The lowest BCUT2D eigenvalue weighted by Gasteiger charge is -2.18. The summed E-state index contributed by atoms with van der Waals surface area (Å²) in [5.74, 6) is -0.173. The second-order valence-electron chi connectivity index (χ2n) is 8.71. The van der Waals surface area contributed by atoms with Gasteiger partial charge in [-0.3, -0.25) is 14.3 Å². The maximum Gasteiger partial charge on any atom is 0.255 e. The number of nitrogens with one attached hydrogen (secondary N) is 1. The molecule has 0 spiro atoms. The zero-order chi connectivity index (χ0) is 24.4. The predicted molar refractivity (Wildman–Crippen MR) is 135 cm³/mol. The van der Waals surface area contributed by atoms with Crippen LogP contribution < -0.4 is 11.1 Å². The van der Waals surface area contributed by atoms with Crippen molar-refractivity contribution in [1.82, 2.24) is 25.0 Å². The van der Waals surface area contributed by atoms with Crippen LogP contribution in [0.3, 0.4) is 0 Å². The number of carbonyl (C=O) groups is 2. The lowest BCUT2D eigenvalue weighted by atomic mass is 10.0. The Kier molecular flexibility index (Phi) is 6.01. The number of hydrogen-bond donors (Lipinski definition) is 2. The highest BCUT2D eigenvalue weighted by molar-refractivity contribution is 6.00. The fourth-order valence-corrected chi connectivity index (χ4v) is 4.33. The van der Waals surface area contributed by atoms with Gasteiger partial charge in [-0.15, -0.1) is 0 Å². The van der Waals surface area contributed by atoms with Crippen LogP contribution in [0.1, 0.15) is 27.1 Å². The molecular formula is C27H26N6O2. The van der Waals surface area contributed by atoms with Crippen LogP contribution in [-0.4, -0.2) is 50.6 Å². The summed E-state index contributed by atoms with van der Waals surface area (Å²) in [6.07, 6.45) is 5.86. The monoisotopic (exact) mass is 466 g/mol. The van der Waals surface area contributed by atoms with Gasteiger partial charge in [0.25, 0.3) is 11.8 Å². The number of carbonyl (C=O) groups excluding carboxylic acids is 2. The van der Waals surface area contributed by atoms with Crippen LogP contribution in [0, 0.1) is 0 Å². The van der Waals surface area contributed by atoms with Gasteiger partial charge in [-0.05, 0) is 35.7 Å². The largest absolute Gasteiger partial charge is 0.383 e. The van der Waals surface area contributed by atoms with E-state index in [2.05, 4.69) is 15.4 Å².